The number of rotatable bonds is 8. The summed E-state index contributed by atoms with van der Waals surface area (Å²) >= 11 is 0. The van der Waals surface area contributed by atoms with Crippen LogP contribution in [0.25, 0.3) is 0 Å². The topological polar surface area (TPSA) is 68.3 Å². The molecule has 0 atom stereocenters. The second kappa shape index (κ2) is 9.43. The SMILES string of the molecule is COc1ccccc1CNc1cc(Nc2ccccc2Oc2ccccc2)ncn1. The second-order valence-corrected chi connectivity index (χ2v) is 6.49. The third kappa shape index (κ3) is 4.86. The summed E-state index contributed by atoms with van der Waals surface area (Å²) in [5, 5.41) is 6.63. The van der Waals surface area contributed by atoms with Crippen LogP contribution in [0.4, 0.5) is 17.3 Å². The van der Waals surface area contributed by atoms with Gasteiger partial charge < -0.3 is 20.1 Å². The van der Waals surface area contributed by atoms with E-state index in [0.29, 0.717) is 23.9 Å². The third-order valence-electron chi connectivity index (χ3n) is 4.44. The van der Waals surface area contributed by atoms with Gasteiger partial charge in [-0.3, -0.25) is 0 Å². The molecule has 0 spiro atoms. The normalized spacial score (nSPS) is 10.3. The Hall–Kier alpha value is -4.06. The highest BCUT2D eigenvalue weighted by atomic mass is 16.5. The standard InChI is InChI=1S/C24H22N4O2/c1-29-21-13-7-5-9-18(21)16-25-23-15-24(27-17-26-23)28-20-12-6-8-14-22(20)30-19-10-3-2-4-11-19/h2-15,17H,16H2,1H3,(H2,25,26,27,28). The number of para-hydroxylation sites is 4. The van der Waals surface area contributed by atoms with Crippen molar-refractivity contribution in [1.29, 1.82) is 0 Å². The Kier molecular flexibility index (Phi) is 6.05. The van der Waals surface area contributed by atoms with E-state index >= 15 is 0 Å². The maximum Gasteiger partial charge on any atom is 0.150 e. The maximum absolute atomic E-state index is 6.01. The van der Waals surface area contributed by atoms with Crippen LogP contribution in [0, 0.1) is 0 Å². The second-order valence-electron chi connectivity index (χ2n) is 6.49. The number of anilines is 3. The van der Waals surface area contributed by atoms with Gasteiger partial charge in [0.1, 0.15) is 29.5 Å². The van der Waals surface area contributed by atoms with Crippen LogP contribution in [0.1, 0.15) is 5.56 Å². The van der Waals surface area contributed by atoms with Gasteiger partial charge in [0.25, 0.3) is 0 Å². The van der Waals surface area contributed by atoms with E-state index in [1.54, 1.807) is 7.11 Å². The van der Waals surface area contributed by atoms with Crippen LogP contribution in [0.15, 0.2) is 91.3 Å². The number of nitrogens with one attached hydrogen (secondary N) is 2. The van der Waals surface area contributed by atoms with E-state index in [0.717, 1.165) is 22.7 Å². The first-order valence-electron chi connectivity index (χ1n) is 9.58. The molecule has 0 fully saturated rings. The Morgan fingerprint density at radius 1 is 0.767 bits per heavy atom. The summed E-state index contributed by atoms with van der Waals surface area (Å²) in [5.41, 5.74) is 1.87. The van der Waals surface area contributed by atoms with Crippen LogP contribution in [0.2, 0.25) is 0 Å². The molecule has 0 saturated carbocycles. The van der Waals surface area contributed by atoms with Gasteiger partial charge in [-0.1, -0.05) is 48.5 Å². The molecule has 0 saturated heterocycles. The van der Waals surface area contributed by atoms with Gasteiger partial charge >= 0.3 is 0 Å². The van der Waals surface area contributed by atoms with Crippen molar-refractivity contribution in [3.05, 3.63) is 96.8 Å². The smallest absolute Gasteiger partial charge is 0.150 e. The molecule has 30 heavy (non-hydrogen) atoms. The highest BCUT2D eigenvalue weighted by molar-refractivity contribution is 5.66. The first kappa shape index (κ1) is 19.3. The minimum absolute atomic E-state index is 0.591. The Balaban J connectivity index is 1.47. The molecule has 150 valence electrons. The molecule has 0 aliphatic rings. The van der Waals surface area contributed by atoms with Gasteiger partial charge in [-0.2, -0.15) is 0 Å². The van der Waals surface area contributed by atoms with Crippen molar-refractivity contribution >= 4 is 17.3 Å². The predicted molar refractivity (Wildman–Crippen MR) is 119 cm³/mol. The minimum atomic E-state index is 0.591. The van der Waals surface area contributed by atoms with Crippen molar-refractivity contribution in [3.8, 4) is 17.2 Å². The van der Waals surface area contributed by atoms with E-state index in [1.807, 2.05) is 84.9 Å². The highest BCUT2D eigenvalue weighted by Crippen LogP contribution is 2.31. The van der Waals surface area contributed by atoms with Crippen molar-refractivity contribution in [1.82, 2.24) is 9.97 Å². The Morgan fingerprint density at radius 3 is 2.30 bits per heavy atom. The number of methoxy groups -OCH3 is 1. The molecule has 0 unspecified atom stereocenters. The van der Waals surface area contributed by atoms with Crippen LogP contribution >= 0.6 is 0 Å². The van der Waals surface area contributed by atoms with Crippen LogP contribution in [0.5, 0.6) is 17.2 Å². The molecular formula is C24H22N4O2. The molecule has 0 aliphatic heterocycles. The van der Waals surface area contributed by atoms with Gasteiger partial charge in [-0.25, -0.2) is 9.97 Å². The van der Waals surface area contributed by atoms with Crippen molar-refractivity contribution in [2.24, 2.45) is 0 Å². The summed E-state index contributed by atoms with van der Waals surface area (Å²) in [6.45, 7) is 0.591. The van der Waals surface area contributed by atoms with Gasteiger partial charge in [0, 0.05) is 18.2 Å². The van der Waals surface area contributed by atoms with Crippen LogP contribution in [-0.4, -0.2) is 17.1 Å². The van der Waals surface area contributed by atoms with Crippen LogP contribution < -0.4 is 20.1 Å². The number of nitrogens with zero attached hydrogens (tertiary/aromatic N) is 2. The lowest BCUT2D eigenvalue weighted by atomic mass is 10.2. The molecule has 4 rings (SSSR count). The van der Waals surface area contributed by atoms with E-state index in [1.165, 1.54) is 6.33 Å². The molecule has 6 nitrogen and oxygen atoms in total. The number of aromatic nitrogens is 2. The molecule has 4 aromatic rings. The lowest BCUT2D eigenvalue weighted by Crippen LogP contribution is -2.04. The molecule has 1 heterocycles. The Bertz CT molecular complexity index is 1100. The monoisotopic (exact) mass is 398 g/mol. The molecule has 1 aromatic heterocycles. The Labute approximate surface area is 175 Å². The first-order valence-corrected chi connectivity index (χ1v) is 9.58. The zero-order chi connectivity index (χ0) is 20.6. The minimum Gasteiger partial charge on any atom is -0.496 e. The predicted octanol–water partition coefficient (Wildman–Crippen LogP) is 5.63. The average Bonchev–Trinajstić information content (AvgIpc) is 2.80. The molecule has 0 bridgehead atoms. The Morgan fingerprint density at radius 2 is 1.47 bits per heavy atom. The lowest BCUT2D eigenvalue weighted by Gasteiger charge is -2.13. The molecule has 2 N–H and O–H groups in total. The fourth-order valence-corrected chi connectivity index (χ4v) is 2.97. The van der Waals surface area contributed by atoms with Crippen LogP contribution in [0.3, 0.4) is 0 Å². The van der Waals surface area contributed by atoms with Crippen molar-refractivity contribution in [3.63, 3.8) is 0 Å². The number of hydrogen-bond donors (Lipinski definition) is 2. The largest absolute Gasteiger partial charge is 0.496 e. The lowest BCUT2D eigenvalue weighted by molar-refractivity contribution is 0.410. The van der Waals surface area contributed by atoms with E-state index in [-0.39, 0.29) is 0 Å². The summed E-state index contributed by atoms with van der Waals surface area (Å²) in [6, 6.07) is 27.2. The van der Waals surface area contributed by atoms with Gasteiger partial charge in [-0.15, -0.1) is 0 Å². The fraction of sp³-hybridized carbons (Fsp3) is 0.0833. The molecular weight excluding hydrogens is 376 g/mol. The summed E-state index contributed by atoms with van der Waals surface area (Å²) in [4.78, 5) is 8.64. The first-order chi connectivity index (χ1) is 14.8. The summed E-state index contributed by atoms with van der Waals surface area (Å²) in [5.74, 6) is 3.69. The van der Waals surface area contributed by atoms with E-state index in [9.17, 15) is 0 Å². The maximum atomic E-state index is 6.01. The summed E-state index contributed by atoms with van der Waals surface area (Å²) < 4.78 is 11.4. The third-order valence-corrected chi connectivity index (χ3v) is 4.44. The molecule has 0 aliphatic carbocycles. The van der Waals surface area contributed by atoms with E-state index in [2.05, 4.69) is 20.6 Å². The van der Waals surface area contributed by atoms with E-state index in [4.69, 9.17) is 9.47 Å². The number of hydrogen-bond acceptors (Lipinski definition) is 6. The van der Waals surface area contributed by atoms with Gasteiger partial charge in [0.05, 0.1) is 12.8 Å². The van der Waals surface area contributed by atoms with Gasteiger partial charge in [0.15, 0.2) is 5.75 Å². The van der Waals surface area contributed by atoms with E-state index < -0.39 is 0 Å². The average molecular weight is 398 g/mol. The van der Waals surface area contributed by atoms with Crippen LogP contribution in [-0.2, 0) is 6.54 Å². The highest BCUT2D eigenvalue weighted by Gasteiger charge is 2.07. The number of ether oxygens (including phenoxy) is 2. The number of benzene rings is 3. The molecule has 3 aromatic carbocycles. The van der Waals surface area contributed by atoms with Gasteiger partial charge in [0.2, 0.25) is 0 Å². The zero-order valence-electron chi connectivity index (χ0n) is 16.6. The summed E-state index contributed by atoms with van der Waals surface area (Å²) in [7, 11) is 1.67. The zero-order valence-corrected chi connectivity index (χ0v) is 16.6. The molecule has 6 heteroatoms. The van der Waals surface area contributed by atoms with Crippen molar-refractivity contribution < 1.29 is 9.47 Å². The molecule has 0 radical (unpaired) electrons. The summed E-state index contributed by atoms with van der Waals surface area (Å²) in [6.07, 6.45) is 1.52. The molecule has 0 amide bonds. The van der Waals surface area contributed by atoms with Crippen molar-refractivity contribution in [2.75, 3.05) is 17.7 Å². The fourth-order valence-electron chi connectivity index (χ4n) is 2.97. The van der Waals surface area contributed by atoms with Gasteiger partial charge in [-0.05, 0) is 30.3 Å². The van der Waals surface area contributed by atoms with Crippen molar-refractivity contribution in [2.45, 2.75) is 6.54 Å². The quantitative estimate of drug-likeness (QED) is 0.401.